The summed E-state index contributed by atoms with van der Waals surface area (Å²) in [5.41, 5.74) is -3.28. The maximum absolute atomic E-state index is 13.5. The van der Waals surface area contributed by atoms with Crippen molar-refractivity contribution in [3.63, 3.8) is 0 Å². The summed E-state index contributed by atoms with van der Waals surface area (Å²) in [6, 6.07) is 5.99. The number of fused-ring (bicyclic) bond motifs is 1. The zero-order chi connectivity index (χ0) is 26.7. The molecule has 0 aliphatic carbocycles. The first-order valence-electron chi connectivity index (χ1n) is 11.2. The van der Waals surface area contributed by atoms with Crippen molar-refractivity contribution in [3.8, 4) is 5.75 Å². The fourth-order valence-electron chi connectivity index (χ4n) is 3.56. The van der Waals surface area contributed by atoms with E-state index in [1.165, 1.54) is 0 Å². The number of likely N-dealkylation sites (N-methyl/N-ethyl adjacent to an activating group) is 1. The Morgan fingerprint density at radius 2 is 1.53 bits per heavy atom. The van der Waals surface area contributed by atoms with Crippen LogP contribution in [0.5, 0.6) is 5.75 Å². The normalized spacial score (nSPS) is 12.4. The highest BCUT2D eigenvalue weighted by molar-refractivity contribution is 7.22. The fraction of sp³-hybridized carbons (Fsp3) is 0.417. The van der Waals surface area contributed by atoms with Gasteiger partial charge in [0.1, 0.15) is 5.75 Å². The van der Waals surface area contributed by atoms with Gasteiger partial charge in [-0.25, -0.2) is 4.98 Å². The highest BCUT2D eigenvalue weighted by atomic mass is 32.1. The zero-order valence-corrected chi connectivity index (χ0v) is 20.7. The van der Waals surface area contributed by atoms with Gasteiger partial charge < -0.3 is 9.64 Å². The fourth-order valence-corrected chi connectivity index (χ4v) is 4.58. The number of ether oxygens (including phenoxy) is 1. The van der Waals surface area contributed by atoms with Crippen LogP contribution in [0.1, 0.15) is 42.3 Å². The standard InChI is InChI=1S/C24H25F6N3O2S/c1-4-32(5-2)9-10-33(22-31-19-8-7-18(35-6-3)14-20(19)36-22)21(34)15-11-16(23(25,26)27)13-17(12-15)24(28,29)30/h7-8,11-14H,4-6,9-10H2,1-3H3. The molecule has 0 spiro atoms. The first-order chi connectivity index (χ1) is 16.9. The number of amides is 1. The lowest BCUT2D eigenvalue weighted by Gasteiger charge is -2.25. The molecule has 0 saturated heterocycles. The summed E-state index contributed by atoms with van der Waals surface area (Å²) < 4.78 is 86.5. The Labute approximate surface area is 208 Å². The first kappa shape index (κ1) is 27.7. The van der Waals surface area contributed by atoms with E-state index in [0.29, 0.717) is 54.3 Å². The van der Waals surface area contributed by atoms with Crippen molar-refractivity contribution in [2.45, 2.75) is 33.1 Å². The Morgan fingerprint density at radius 3 is 2.06 bits per heavy atom. The van der Waals surface area contributed by atoms with E-state index in [9.17, 15) is 31.1 Å². The Morgan fingerprint density at radius 1 is 0.917 bits per heavy atom. The maximum atomic E-state index is 13.5. The lowest BCUT2D eigenvalue weighted by Crippen LogP contribution is -2.39. The molecular formula is C24H25F6N3O2S. The van der Waals surface area contributed by atoms with Gasteiger partial charge >= 0.3 is 12.4 Å². The minimum absolute atomic E-state index is 0.00394. The van der Waals surface area contributed by atoms with Gasteiger partial charge in [-0.05, 0) is 56.4 Å². The van der Waals surface area contributed by atoms with Crippen LogP contribution in [-0.2, 0) is 12.4 Å². The predicted octanol–water partition coefficient (Wildman–Crippen LogP) is 6.72. The van der Waals surface area contributed by atoms with Crippen molar-refractivity contribution in [3.05, 3.63) is 53.1 Å². The molecule has 0 bridgehead atoms. The van der Waals surface area contributed by atoms with E-state index >= 15 is 0 Å². The third-order valence-electron chi connectivity index (χ3n) is 5.50. The highest BCUT2D eigenvalue weighted by Crippen LogP contribution is 2.37. The van der Waals surface area contributed by atoms with Crippen LogP contribution >= 0.6 is 11.3 Å². The number of carbonyl (C=O) groups is 1. The number of benzene rings is 2. The molecular weight excluding hydrogens is 508 g/mol. The highest BCUT2D eigenvalue weighted by Gasteiger charge is 2.38. The molecule has 0 aliphatic rings. The number of alkyl halides is 6. The van der Waals surface area contributed by atoms with Crippen LogP contribution in [0.4, 0.5) is 31.5 Å². The van der Waals surface area contributed by atoms with Crippen LogP contribution in [-0.4, -0.2) is 48.6 Å². The van der Waals surface area contributed by atoms with Crippen LogP contribution in [0.25, 0.3) is 10.2 Å². The average molecular weight is 534 g/mol. The van der Waals surface area contributed by atoms with Crippen molar-refractivity contribution in [2.75, 3.05) is 37.7 Å². The summed E-state index contributed by atoms with van der Waals surface area (Å²) in [5.74, 6) is -0.420. The summed E-state index contributed by atoms with van der Waals surface area (Å²) in [7, 11) is 0. The summed E-state index contributed by atoms with van der Waals surface area (Å²) in [6.45, 7) is 7.74. The summed E-state index contributed by atoms with van der Waals surface area (Å²) in [5, 5.41) is 0.168. The molecule has 0 atom stereocenters. The molecule has 1 amide bonds. The van der Waals surface area contributed by atoms with E-state index in [-0.39, 0.29) is 17.7 Å². The molecule has 0 aliphatic heterocycles. The average Bonchev–Trinajstić information content (AvgIpc) is 3.23. The van der Waals surface area contributed by atoms with Gasteiger partial charge in [-0.2, -0.15) is 26.3 Å². The molecule has 0 radical (unpaired) electrons. The Kier molecular flexibility index (Phi) is 8.50. The van der Waals surface area contributed by atoms with Crippen molar-refractivity contribution < 1.29 is 35.9 Å². The summed E-state index contributed by atoms with van der Waals surface area (Å²) >= 11 is 1.11. The van der Waals surface area contributed by atoms with Gasteiger partial charge in [-0.15, -0.1) is 0 Å². The van der Waals surface area contributed by atoms with E-state index in [0.717, 1.165) is 16.2 Å². The van der Waals surface area contributed by atoms with Gasteiger partial charge in [0.05, 0.1) is 28.0 Å². The van der Waals surface area contributed by atoms with E-state index < -0.39 is 35.0 Å². The molecule has 5 nitrogen and oxygen atoms in total. The van der Waals surface area contributed by atoms with Crippen LogP contribution in [0.3, 0.4) is 0 Å². The smallest absolute Gasteiger partial charge is 0.416 e. The number of aromatic nitrogens is 1. The predicted molar refractivity (Wildman–Crippen MR) is 127 cm³/mol. The third kappa shape index (κ3) is 6.47. The molecule has 1 aromatic heterocycles. The van der Waals surface area contributed by atoms with Crippen LogP contribution in [0.15, 0.2) is 36.4 Å². The number of anilines is 1. The molecule has 0 fully saturated rings. The number of hydrogen-bond acceptors (Lipinski definition) is 5. The molecule has 0 saturated carbocycles. The van der Waals surface area contributed by atoms with Crippen LogP contribution < -0.4 is 9.64 Å². The van der Waals surface area contributed by atoms with E-state index in [2.05, 4.69) is 4.98 Å². The SMILES string of the molecule is CCOc1ccc2nc(N(CCN(CC)CC)C(=O)c3cc(C(F)(F)F)cc(C(F)(F)F)c3)sc2c1. The zero-order valence-electron chi connectivity index (χ0n) is 19.8. The van der Waals surface area contributed by atoms with Crippen molar-refractivity contribution in [1.82, 2.24) is 9.88 Å². The van der Waals surface area contributed by atoms with Crippen molar-refractivity contribution in [1.29, 1.82) is 0 Å². The maximum Gasteiger partial charge on any atom is 0.416 e. The molecule has 3 aromatic rings. The molecule has 36 heavy (non-hydrogen) atoms. The second kappa shape index (κ2) is 11.0. The molecule has 12 heteroatoms. The van der Waals surface area contributed by atoms with Crippen LogP contribution in [0, 0.1) is 0 Å². The first-order valence-corrected chi connectivity index (χ1v) is 12.1. The van der Waals surface area contributed by atoms with E-state index in [4.69, 9.17) is 4.74 Å². The van der Waals surface area contributed by atoms with Crippen LogP contribution in [0.2, 0.25) is 0 Å². The number of nitrogens with zero attached hydrogens (tertiary/aromatic N) is 3. The lowest BCUT2D eigenvalue weighted by atomic mass is 10.0. The van der Waals surface area contributed by atoms with E-state index in [1.54, 1.807) is 18.2 Å². The Bertz CT molecular complexity index is 1170. The number of carbonyl (C=O) groups excluding carboxylic acids is 1. The monoisotopic (exact) mass is 533 g/mol. The number of halogens is 6. The van der Waals surface area contributed by atoms with Gasteiger partial charge in [-0.1, -0.05) is 25.2 Å². The summed E-state index contributed by atoms with van der Waals surface area (Å²) in [4.78, 5) is 21.0. The minimum Gasteiger partial charge on any atom is -0.494 e. The van der Waals surface area contributed by atoms with Gasteiger partial charge in [0.2, 0.25) is 0 Å². The second-order valence-electron chi connectivity index (χ2n) is 7.84. The largest absolute Gasteiger partial charge is 0.494 e. The van der Waals surface area contributed by atoms with Gasteiger partial charge in [0.15, 0.2) is 5.13 Å². The number of thiazole rings is 1. The van der Waals surface area contributed by atoms with Gasteiger partial charge in [-0.3, -0.25) is 9.69 Å². The molecule has 1 heterocycles. The molecule has 0 unspecified atom stereocenters. The molecule has 0 N–H and O–H groups in total. The topological polar surface area (TPSA) is 45.7 Å². The number of rotatable bonds is 9. The quantitative estimate of drug-likeness (QED) is 0.287. The van der Waals surface area contributed by atoms with Crippen molar-refractivity contribution >= 4 is 32.6 Å². The van der Waals surface area contributed by atoms with E-state index in [1.807, 2.05) is 25.7 Å². The van der Waals surface area contributed by atoms with Gasteiger partial charge in [0.25, 0.3) is 5.91 Å². The number of hydrogen-bond donors (Lipinski definition) is 0. The third-order valence-corrected chi connectivity index (χ3v) is 6.55. The minimum atomic E-state index is -5.06. The van der Waals surface area contributed by atoms with Crippen molar-refractivity contribution in [2.24, 2.45) is 0 Å². The lowest BCUT2D eigenvalue weighted by molar-refractivity contribution is -0.143. The summed E-state index contributed by atoms with van der Waals surface area (Å²) in [6.07, 6.45) is -10.1. The molecule has 196 valence electrons. The Balaban J connectivity index is 2.09. The Hall–Kier alpha value is -2.86. The van der Waals surface area contributed by atoms with Gasteiger partial charge in [0, 0.05) is 18.7 Å². The molecule has 2 aromatic carbocycles. The molecule has 3 rings (SSSR count). The second-order valence-corrected chi connectivity index (χ2v) is 8.85.